The summed E-state index contributed by atoms with van der Waals surface area (Å²) in [6.45, 7) is 3.66. The molecule has 6 heteroatoms. The lowest BCUT2D eigenvalue weighted by Gasteiger charge is -2.17. The van der Waals surface area contributed by atoms with E-state index in [0.717, 1.165) is 5.84 Å². The van der Waals surface area contributed by atoms with E-state index in [-0.39, 0.29) is 12.5 Å². The van der Waals surface area contributed by atoms with Crippen LogP contribution in [0.3, 0.4) is 0 Å². The second kappa shape index (κ2) is 6.73. The Balaban J connectivity index is 3.74. The Morgan fingerprint density at radius 1 is 1.38 bits per heavy atom. The van der Waals surface area contributed by atoms with Gasteiger partial charge in [0.1, 0.15) is 6.10 Å². The Kier molecular flexibility index (Phi) is 6.40. The monoisotopic (exact) mass is 240 g/mol. The highest BCUT2D eigenvalue weighted by molar-refractivity contribution is 5.79. The first kappa shape index (κ1) is 15.2. The van der Waals surface area contributed by atoms with Gasteiger partial charge in [-0.1, -0.05) is 0 Å². The van der Waals surface area contributed by atoms with Crippen molar-refractivity contribution < 1.29 is 18.3 Å². The van der Waals surface area contributed by atoms with Crippen molar-refractivity contribution in [3.05, 3.63) is 0 Å². The second-order valence-corrected chi connectivity index (χ2v) is 3.84. The first-order valence-electron chi connectivity index (χ1n) is 5.22. The fraction of sp³-hybridized carbons (Fsp3) is 0.900. The molecular weight excluding hydrogens is 221 g/mol. The van der Waals surface area contributed by atoms with Gasteiger partial charge in [0.25, 0.3) is 0 Å². The van der Waals surface area contributed by atoms with E-state index in [0.29, 0.717) is 12.8 Å². The molecule has 0 fully saturated rings. The molecule has 0 aliphatic rings. The van der Waals surface area contributed by atoms with Gasteiger partial charge in [0.2, 0.25) is 0 Å². The molecule has 0 bridgehead atoms. The molecule has 0 aliphatic heterocycles. The standard InChI is InChI=1S/C10H19F3N2O/c1-7(15-8(2)14-3)5-4-6-9(16)10(11,12)13/h7,9,16H,4-6H2,1-3H3,(H,14,15)/t7-,9+/m0/s1. The normalized spacial score (nSPS) is 17.1. The Morgan fingerprint density at radius 3 is 2.38 bits per heavy atom. The molecule has 0 aliphatic carbocycles. The van der Waals surface area contributed by atoms with E-state index in [1.807, 2.05) is 6.92 Å². The highest BCUT2D eigenvalue weighted by Gasteiger charge is 2.37. The van der Waals surface area contributed by atoms with E-state index in [9.17, 15) is 13.2 Å². The molecule has 0 aromatic carbocycles. The zero-order valence-corrected chi connectivity index (χ0v) is 9.80. The van der Waals surface area contributed by atoms with Crippen LogP contribution in [0.15, 0.2) is 4.99 Å². The SMILES string of the molecule is CN=C(C)N[C@@H](C)CCC[C@@H](O)C(F)(F)F. The van der Waals surface area contributed by atoms with Crippen LogP contribution in [0.5, 0.6) is 0 Å². The van der Waals surface area contributed by atoms with Crippen LogP contribution in [0.4, 0.5) is 13.2 Å². The van der Waals surface area contributed by atoms with Crippen molar-refractivity contribution in [2.24, 2.45) is 4.99 Å². The summed E-state index contributed by atoms with van der Waals surface area (Å²) in [7, 11) is 1.64. The molecule has 3 nitrogen and oxygen atoms in total. The van der Waals surface area contributed by atoms with Gasteiger partial charge >= 0.3 is 6.18 Å². The summed E-state index contributed by atoms with van der Waals surface area (Å²) >= 11 is 0. The lowest BCUT2D eigenvalue weighted by Crippen LogP contribution is -2.32. The van der Waals surface area contributed by atoms with E-state index in [4.69, 9.17) is 5.11 Å². The number of nitrogens with zero attached hydrogens (tertiary/aromatic N) is 1. The maximum atomic E-state index is 12.0. The smallest absolute Gasteiger partial charge is 0.384 e. The summed E-state index contributed by atoms with van der Waals surface area (Å²) in [6.07, 6.45) is -6.07. The minimum Gasteiger partial charge on any atom is -0.384 e. The fourth-order valence-corrected chi connectivity index (χ4v) is 1.27. The molecule has 0 saturated carbocycles. The number of aliphatic hydroxyl groups is 1. The van der Waals surface area contributed by atoms with Crippen LogP contribution in [-0.4, -0.2) is 36.3 Å². The first-order valence-corrected chi connectivity index (χ1v) is 5.22. The third kappa shape index (κ3) is 6.66. The summed E-state index contributed by atoms with van der Waals surface area (Å²) in [6, 6.07) is 0.0594. The minimum absolute atomic E-state index is 0.0594. The van der Waals surface area contributed by atoms with Crippen LogP contribution < -0.4 is 5.32 Å². The Bertz CT molecular complexity index is 229. The molecule has 16 heavy (non-hydrogen) atoms. The molecule has 2 N–H and O–H groups in total. The van der Waals surface area contributed by atoms with Crippen LogP contribution in [0.25, 0.3) is 0 Å². The molecular formula is C10H19F3N2O. The van der Waals surface area contributed by atoms with E-state index in [1.54, 1.807) is 14.0 Å². The number of hydrogen-bond donors (Lipinski definition) is 2. The highest BCUT2D eigenvalue weighted by atomic mass is 19.4. The van der Waals surface area contributed by atoms with Crippen molar-refractivity contribution in [1.29, 1.82) is 0 Å². The number of amidine groups is 1. The van der Waals surface area contributed by atoms with Crippen LogP contribution >= 0.6 is 0 Å². The first-order chi connectivity index (χ1) is 7.27. The summed E-state index contributed by atoms with van der Waals surface area (Å²) in [5.41, 5.74) is 0. The second-order valence-electron chi connectivity index (χ2n) is 3.84. The minimum atomic E-state index is -4.50. The molecule has 0 heterocycles. The molecule has 0 amide bonds. The quantitative estimate of drug-likeness (QED) is 0.571. The lowest BCUT2D eigenvalue weighted by atomic mass is 10.1. The van der Waals surface area contributed by atoms with Gasteiger partial charge < -0.3 is 10.4 Å². The summed E-state index contributed by atoms with van der Waals surface area (Å²) in [5.74, 6) is 0.754. The highest BCUT2D eigenvalue weighted by Crippen LogP contribution is 2.23. The lowest BCUT2D eigenvalue weighted by molar-refractivity contribution is -0.205. The van der Waals surface area contributed by atoms with Crippen LogP contribution in [0.1, 0.15) is 33.1 Å². The number of aliphatic imine (C=N–C) groups is 1. The van der Waals surface area contributed by atoms with Gasteiger partial charge in [-0.2, -0.15) is 13.2 Å². The molecule has 0 radical (unpaired) electrons. The predicted octanol–water partition coefficient (Wildman–Crippen LogP) is 2.11. The molecule has 0 aromatic heterocycles. The zero-order valence-electron chi connectivity index (χ0n) is 9.80. The number of hydrogen-bond acceptors (Lipinski definition) is 2. The maximum absolute atomic E-state index is 12.0. The Hall–Kier alpha value is -0.780. The molecule has 2 atom stereocenters. The summed E-state index contributed by atoms with van der Waals surface area (Å²) < 4.78 is 35.9. The van der Waals surface area contributed by atoms with Crippen molar-refractivity contribution >= 4 is 5.84 Å². The van der Waals surface area contributed by atoms with Gasteiger partial charge in [-0.3, -0.25) is 4.99 Å². The van der Waals surface area contributed by atoms with Gasteiger partial charge in [0.15, 0.2) is 0 Å². The number of nitrogens with one attached hydrogen (secondary N) is 1. The topological polar surface area (TPSA) is 44.6 Å². The molecule has 0 unspecified atom stereocenters. The predicted molar refractivity (Wildman–Crippen MR) is 57.5 cm³/mol. The Labute approximate surface area is 93.8 Å². The number of halogens is 3. The molecule has 0 aromatic rings. The largest absolute Gasteiger partial charge is 0.414 e. The van der Waals surface area contributed by atoms with E-state index >= 15 is 0 Å². The summed E-state index contributed by atoms with van der Waals surface area (Å²) in [4.78, 5) is 3.89. The molecule has 0 rings (SSSR count). The van der Waals surface area contributed by atoms with Crippen molar-refractivity contribution in [3.8, 4) is 0 Å². The van der Waals surface area contributed by atoms with Crippen molar-refractivity contribution in [2.75, 3.05) is 7.05 Å². The van der Waals surface area contributed by atoms with Crippen LogP contribution in [0, 0.1) is 0 Å². The van der Waals surface area contributed by atoms with Crippen molar-refractivity contribution in [2.45, 2.75) is 51.4 Å². The third-order valence-electron chi connectivity index (χ3n) is 2.28. The molecule has 0 spiro atoms. The van der Waals surface area contributed by atoms with E-state index < -0.39 is 12.3 Å². The summed E-state index contributed by atoms with van der Waals surface area (Å²) in [5, 5.41) is 11.8. The van der Waals surface area contributed by atoms with Gasteiger partial charge in [-0.25, -0.2) is 0 Å². The third-order valence-corrected chi connectivity index (χ3v) is 2.28. The van der Waals surface area contributed by atoms with Gasteiger partial charge in [-0.05, 0) is 33.1 Å². The van der Waals surface area contributed by atoms with Gasteiger partial charge in [0.05, 0.1) is 5.84 Å². The number of rotatable bonds is 5. The average molecular weight is 240 g/mol. The van der Waals surface area contributed by atoms with Crippen molar-refractivity contribution in [3.63, 3.8) is 0 Å². The number of alkyl halides is 3. The number of aliphatic hydroxyl groups excluding tert-OH is 1. The molecule has 0 saturated heterocycles. The Morgan fingerprint density at radius 2 is 1.94 bits per heavy atom. The fourth-order valence-electron chi connectivity index (χ4n) is 1.27. The average Bonchev–Trinajstić information content (AvgIpc) is 2.15. The maximum Gasteiger partial charge on any atom is 0.414 e. The zero-order chi connectivity index (χ0) is 12.8. The van der Waals surface area contributed by atoms with Gasteiger partial charge in [0, 0.05) is 13.1 Å². The van der Waals surface area contributed by atoms with E-state index in [1.165, 1.54) is 0 Å². The molecule has 96 valence electrons. The van der Waals surface area contributed by atoms with Crippen molar-refractivity contribution in [1.82, 2.24) is 5.32 Å². The van der Waals surface area contributed by atoms with Crippen LogP contribution in [-0.2, 0) is 0 Å². The van der Waals surface area contributed by atoms with E-state index in [2.05, 4.69) is 10.3 Å². The van der Waals surface area contributed by atoms with Crippen LogP contribution in [0.2, 0.25) is 0 Å². The van der Waals surface area contributed by atoms with Gasteiger partial charge in [-0.15, -0.1) is 0 Å².